The summed E-state index contributed by atoms with van der Waals surface area (Å²) in [6, 6.07) is 8.17. The Morgan fingerprint density at radius 3 is 2.67 bits per heavy atom. The molecule has 15 heavy (non-hydrogen) atoms. The van der Waals surface area contributed by atoms with Crippen molar-refractivity contribution in [2.45, 2.75) is 26.7 Å². The van der Waals surface area contributed by atoms with Crippen molar-refractivity contribution in [2.24, 2.45) is 5.92 Å². The Hall–Kier alpha value is -0.500. The average Bonchev–Trinajstić information content (AvgIpc) is 2.26. The van der Waals surface area contributed by atoms with Crippen LogP contribution in [-0.2, 0) is 0 Å². The largest absolute Gasteiger partial charge is 0.493 e. The molecule has 84 valence electrons. The standard InChI is InChI=1S/C13H19BrO/c1-3-6-12(9-14)10-15-13-8-5-4-7-11(13)2/h4-5,7-8,12H,3,6,9-10H2,1-2H3. The maximum Gasteiger partial charge on any atom is 0.122 e. The van der Waals surface area contributed by atoms with Gasteiger partial charge in [-0.05, 0) is 25.0 Å². The fraction of sp³-hybridized carbons (Fsp3) is 0.538. The third kappa shape index (κ3) is 4.25. The highest BCUT2D eigenvalue weighted by Gasteiger charge is 2.07. The fourth-order valence-corrected chi connectivity index (χ4v) is 2.05. The summed E-state index contributed by atoms with van der Waals surface area (Å²) in [5.41, 5.74) is 1.21. The van der Waals surface area contributed by atoms with Crippen LogP contribution in [0.2, 0.25) is 0 Å². The van der Waals surface area contributed by atoms with E-state index in [-0.39, 0.29) is 0 Å². The molecule has 1 aromatic carbocycles. The van der Waals surface area contributed by atoms with E-state index in [1.54, 1.807) is 0 Å². The Balaban J connectivity index is 2.45. The predicted octanol–water partition coefficient (Wildman–Crippen LogP) is 4.19. The van der Waals surface area contributed by atoms with Crippen LogP contribution in [0, 0.1) is 12.8 Å². The minimum atomic E-state index is 0.620. The molecule has 0 bridgehead atoms. The van der Waals surface area contributed by atoms with Crippen molar-refractivity contribution in [3.05, 3.63) is 29.8 Å². The van der Waals surface area contributed by atoms with Crippen molar-refractivity contribution in [2.75, 3.05) is 11.9 Å². The van der Waals surface area contributed by atoms with Crippen LogP contribution in [0.15, 0.2) is 24.3 Å². The van der Waals surface area contributed by atoms with E-state index in [4.69, 9.17) is 4.74 Å². The third-order valence-electron chi connectivity index (χ3n) is 2.48. The molecule has 0 aromatic heterocycles. The smallest absolute Gasteiger partial charge is 0.122 e. The molecule has 1 atom stereocenters. The van der Waals surface area contributed by atoms with E-state index >= 15 is 0 Å². The van der Waals surface area contributed by atoms with Gasteiger partial charge in [0.25, 0.3) is 0 Å². The second-order valence-electron chi connectivity index (χ2n) is 3.89. The summed E-state index contributed by atoms with van der Waals surface area (Å²) in [7, 11) is 0. The molecule has 0 aliphatic heterocycles. The molecule has 0 aliphatic carbocycles. The maximum atomic E-state index is 5.81. The minimum Gasteiger partial charge on any atom is -0.493 e. The van der Waals surface area contributed by atoms with E-state index in [0.717, 1.165) is 17.7 Å². The molecule has 0 radical (unpaired) electrons. The van der Waals surface area contributed by atoms with Gasteiger partial charge in [0.2, 0.25) is 0 Å². The highest BCUT2D eigenvalue weighted by molar-refractivity contribution is 9.09. The normalized spacial score (nSPS) is 12.5. The summed E-state index contributed by atoms with van der Waals surface area (Å²) in [4.78, 5) is 0. The van der Waals surface area contributed by atoms with Crippen molar-refractivity contribution in [1.82, 2.24) is 0 Å². The molecule has 0 spiro atoms. The fourth-order valence-electron chi connectivity index (χ4n) is 1.54. The number of ether oxygens (including phenoxy) is 1. The summed E-state index contributed by atoms with van der Waals surface area (Å²) in [5.74, 6) is 1.63. The van der Waals surface area contributed by atoms with Crippen LogP contribution >= 0.6 is 15.9 Å². The van der Waals surface area contributed by atoms with Crippen LogP contribution in [0.3, 0.4) is 0 Å². The Morgan fingerprint density at radius 1 is 1.33 bits per heavy atom. The molecule has 1 unspecified atom stereocenters. The second kappa shape index (κ2) is 6.89. The minimum absolute atomic E-state index is 0.620. The number of para-hydroxylation sites is 1. The van der Waals surface area contributed by atoms with Crippen molar-refractivity contribution < 1.29 is 4.74 Å². The Labute approximate surface area is 101 Å². The first-order valence-corrected chi connectivity index (χ1v) is 6.64. The van der Waals surface area contributed by atoms with Gasteiger partial charge in [0.1, 0.15) is 5.75 Å². The number of hydrogen-bond donors (Lipinski definition) is 0. The van der Waals surface area contributed by atoms with E-state index < -0.39 is 0 Å². The average molecular weight is 271 g/mol. The van der Waals surface area contributed by atoms with Gasteiger partial charge in [-0.25, -0.2) is 0 Å². The molecule has 0 saturated heterocycles. The molecular formula is C13H19BrO. The quantitative estimate of drug-likeness (QED) is 0.705. The predicted molar refractivity (Wildman–Crippen MR) is 68.9 cm³/mol. The van der Waals surface area contributed by atoms with Crippen molar-refractivity contribution in [1.29, 1.82) is 0 Å². The number of alkyl halides is 1. The number of rotatable bonds is 6. The zero-order valence-corrected chi connectivity index (χ0v) is 11.1. The lowest BCUT2D eigenvalue weighted by Crippen LogP contribution is -2.13. The molecule has 1 rings (SSSR count). The number of hydrogen-bond acceptors (Lipinski definition) is 1. The van der Waals surface area contributed by atoms with E-state index in [9.17, 15) is 0 Å². The summed E-state index contributed by atoms with van der Waals surface area (Å²) in [5, 5.41) is 1.02. The lowest BCUT2D eigenvalue weighted by atomic mass is 10.1. The van der Waals surface area contributed by atoms with E-state index in [2.05, 4.69) is 35.8 Å². The van der Waals surface area contributed by atoms with Gasteiger partial charge in [0, 0.05) is 11.2 Å². The van der Waals surface area contributed by atoms with Crippen LogP contribution in [0.5, 0.6) is 5.75 Å². The Kier molecular flexibility index (Phi) is 5.77. The lowest BCUT2D eigenvalue weighted by molar-refractivity contribution is 0.253. The van der Waals surface area contributed by atoms with E-state index in [1.165, 1.54) is 18.4 Å². The van der Waals surface area contributed by atoms with Gasteiger partial charge in [-0.2, -0.15) is 0 Å². The third-order valence-corrected chi connectivity index (χ3v) is 3.40. The molecule has 0 amide bonds. The zero-order chi connectivity index (χ0) is 11.1. The first-order chi connectivity index (χ1) is 7.27. The molecule has 0 aliphatic rings. The summed E-state index contributed by atoms with van der Waals surface area (Å²) >= 11 is 3.53. The first kappa shape index (κ1) is 12.6. The summed E-state index contributed by atoms with van der Waals surface area (Å²) < 4.78 is 5.81. The van der Waals surface area contributed by atoms with E-state index in [1.807, 2.05) is 18.2 Å². The molecule has 0 N–H and O–H groups in total. The highest BCUT2D eigenvalue weighted by atomic mass is 79.9. The van der Waals surface area contributed by atoms with Crippen LogP contribution in [0.1, 0.15) is 25.3 Å². The number of benzene rings is 1. The summed E-state index contributed by atoms with van der Waals surface area (Å²) in [6.07, 6.45) is 2.44. The van der Waals surface area contributed by atoms with Gasteiger partial charge in [-0.1, -0.05) is 47.5 Å². The number of halogens is 1. The van der Waals surface area contributed by atoms with Crippen molar-refractivity contribution >= 4 is 15.9 Å². The van der Waals surface area contributed by atoms with Gasteiger partial charge in [-0.15, -0.1) is 0 Å². The maximum absolute atomic E-state index is 5.81. The van der Waals surface area contributed by atoms with Crippen molar-refractivity contribution in [3.8, 4) is 5.75 Å². The zero-order valence-electron chi connectivity index (χ0n) is 9.50. The van der Waals surface area contributed by atoms with Gasteiger partial charge in [0.15, 0.2) is 0 Å². The molecule has 2 heteroatoms. The van der Waals surface area contributed by atoms with Crippen LogP contribution in [0.4, 0.5) is 0 Å². The van der Waals surface area contributed by atoms with Crippen LogP contribution < -0.4 is 4.74 Å². The lowest BCUT2D eigenvalue weighted by Gasteiger charge is -2.15. The first-order valence-electron chi connectivity index (χ1n) is 5.52. The highest BCUT2D eigenvalue weighted by Crippen LogP contribution is 2.18. The summed E-state index contributed by atoms with van der Waals surface area (Å²) in [6.45, 7) is 5.10. The van der Waals surface area contributed by atoms with Gasteiger partial charge >= 0.3 is 0 Å². The number of aryl methyl sites for hydroxylation is 1. The topological polar surface area (TPSA) is 9.23 Å². The monoisotopic (exact) mass is 270 g/mol. The second-order valence-corrected chi connectivity index (χ2v) is 4.53. The van der Waals surface area contributed by atoms with Crippen LogP contribution in [0.25, 0.3) is 0 Å². The molecule has 0 fully saturated rings. The van der Waals surface area contributed by atoms with Crippen LogP contribution in [-0.4, -0.2) is 11.9 Å². The van der Waals surface area contributed by atoms with E-state index in [0.29, 0.717) is 5.92 Å². The SMILES string of the molecule is CCCC(CBr)COc1ccccc1C. The molecule has 1 nitrogen and oxygen atoms in total. The molecule has 0 heterocycles. The molecular weight excluding hydrogens is 252 g/mol. The van der Waals surface area contributed by atoms with Gasteiger partial charge in [0.05, 0.1) is 6.61 Å². The molecule has 0 saturated carbocycles. The molecule has 1 aromatic rings. The van der Waals surface area contributed by atoms with Gasteiger partial charge in [-0.3, -0.25) is 0 Å². The van der Waals surface area contributed by atoms with Gasteiger partial charge < -0.3 is 4.74 Å². The Morgan fingerprint density at radius 2 is 2.07 bits per heavy atom. The Bertz CT molecular complexity index is 286. The van der Waals surface area contributed by atoms with Crippen molar-refractivity contribution in [3.63, 3.8) is 0 Å².